The Hall–Kier alpha value is -4.07. The topological polar surface area (TPSA) is 95.5 Å². The van der Waals surface area contributed by atoms with Crippen molar-refractivity contribution in [3.8, 4) is 17.2 Å². The van der Waals surface area contributed by atoms with Gasteiger partial charge in [-0.1, -0.05) is 24.3 Å². The molecule has 0 aromatic heterocycles. The van der Waals surface area contributed by atoms with Gasteiger partial charge in [-0.05, 0) is 53.6 Å². The van der Waals surface area contributed by atoms with Crippen LogP contribution >= 0.6 is 0 Å². The Labute approximate surface area is 185 Å². The zero-order valence-corrected chi connectivity index (χ0v) is 18.1. The summed E-state index contributed by atoms with van der Waals surface area (Å²) < 4.78 is 20.9. The maximum atomic E-state index is 12.7. The van der Waals surface area contributed by atoms with E-state index >= 15 is 0 Å². The molecule has 0 spiro atoms. The lowest BCUT2D eigenvalue weighted by Gasteiger charge is -2.12. The highest BCUT2D eigenvalue weighted by atomic mass is 16.6. The van der Waals surface area contributed by atoms with Crippen LogP contribution in [0.4, 0.5) is 0 Å². The van der Waals surface area contributed by atoms with E-state index in [1.807, 2.05) is 37.3 Å². The zero-order valence-electron chi connectivity index (χ0n) is 18.1. The van der Waals surface area contributed by atoms with Gasteiger partial charge in [-0.3, -0.25) is 4.79 Å². The van der Waals surface area contributed by atoms with Crippen molar-refractivity contribution in [2.24, 2.45) is 5.10 Å². The number of carbonyl (C=O) groups excluding carboxylic acids is 2. The predicted octanol–water partition coefficient (Wildman–Crippen LogP) is 3.56. The van der Waals surface area contributed by atoms with Crippen LogP contribution in [0.1, 0.15) is 22.8 Å². The van der Waals surface area contributed by atoms with E-state index in [0.29, 0.717) is 35.0 Å². The van der Waals surface area contributed by atoms with Crippen molar-refractivity contribution in [1.29, 1.82) is 0 Å². The van der Waals surface area contributed by atoms with Gasteiger partial charge >= 0.3 is 5.97 Å². The molecule has 0 fully saturated rings. The van der Waals surface area contributed by atoms with E-state index in [9.17, 15) is 9.59 Å². The second-order valence-electron chi connectivity index (χ2n) is 6.60. The first-order valence-electron chi connectivity index (χ1n) is 9.92. The van der Waals surface area contributed by atoms with Crippen molar-refractivity contribution in [2.45, 2.75) is 6.92 Å². The fourth-order valence-electron chi connectivity index (χ4n) is 2.98. The number of carbonyl (C=O) groups is 2. The number of benzene rings is 3. The molecule has 0 saturated carbocycles. The summed E-state index contributed by atoms with van der Waals surface area (Å²) in [6, 6.07) is 16.4. The number of hydrogen-bond acceptors (Lipinski definition) is 7. The molecule has 0 aliphatic carbocycles. The molecule has 166 valence electrons. The van der Waals surface area contributed by atoms with Gasteiger partial charge in [-0.2, -0.15) is 5.10 Å². The Kier molecular flexibility index (Phi) is 7.64. The van der Waals surface area contributed by atoms with Crippen molar-refractivity contribution in [1.82, 2.24) is 5.43 Å². The number of ether oxygens (including phenoxy) is 4. The van der Waals surface area contributed by atoms with Gasteiger partial charge < -0.3 is 18.9 Å². The van der Waals surface area contributed by atoms with Crippen LogP contribution in [0.25, 0.3) is 10.8 Å². The third kappa shape index (κ3) is 5.54. The number of rotatable bonds is 9. The lowest BCUT2D eigenvalue weighted by Crippen LogP contribution is -2.18. The van der Waals surface area contributed by atoms with E-state index in [2.05, 4.69) is 15.3 Å². The molecule has 8 heteroatoms. The fourth-order valence-corrected chi connectivity index (χ4v) is 2.98. The molecular weight excluding hydrogens is 412 g/mol. The van der Waals surface area contributed by atoms with Gasteiger partial charge in [-0.15, -0.1) is 0 Å². The smallest absolute Gasteiger partial charge is 0.343 e. The van der Waals surface area contributed by atoms with E-state index in [1.165, 1.54) is 20.4 Å². The molecule has 1 N–H and O–H groups in total. The molecule has 0 radical (unpaired) electrons. The van der Waals surface area contributed by atoms with Crippen molar-refractivity contribution in [3.63, 3.8) is 0 Å². The molecule has 0 aliphatic rings. The van der Waals surface area contributed by atoms with Gasteiger partial charge in [0.15, 0.2) is 18.1 Å². The molecule has 3 rings (SSSR count). The summed E-state index contributed by atoms with van der Waals surface area (Å²) in [7, 11) is 2.81. The van der Waals surface area contributed by atoms with Gasteiger partial charge in [0.05, 0.1) is 32.6 Å². The minimum Gasteiger partial charge on any atom is -0.496 e. The number of hydrazone groups is 1. The number of hydrogen-bond donors (Lipinski definition) is 1. The van der Waals surface area contributed by atoms with Gasteiger partial charge in [0.2, 0.25) is 0 Å². The third-order valence-electron chi connectivity index (χ3n) is 4.53. The van der Waals surface area contributed by atoms with E-state index in [1.54, 1.807) is 24.3 Å². The summed E-state index contributed by atoms with van der Waals surface area (Å²) in [4.78, 5) is 24.0. The van der Waals surface area contributed by atoms with E-state index in [4.69, 9.17) is 14.2 Å². The molecule has 0 saturated heterocycles. The quantitative estimate of drug-likeness (QED) is 0.313. The highest BCUT2D eigenvalue weighted by molar-refractivity contribution is 6.02. The first-order valence-corrected chi connectivity index (χ1v) is 9.92. The maximum absolute atomic E-state index is 12.7. The summed E-state index contributed by atoms with van der Waals surface area (Å²) >= 11 is 0. The van der Waals surface area contributed by atoms with Gasteiger partial charge in [0.1, 0.15) is 5.75 Å². The maximum Gasteiger partial charge on any atom is 0.343 e. The number of nitrogens with one attached hydrogen (secondary N) is 1. The lowest BCUT2D eigenvalue weighted by molar-refractivity contribution is -0.142. The van der Waals surface area contributed by atoms with Crippen molar-refractivity contribution >= 4 is 28.9 Å². The van der Waals surface area contributed by atoms with E-state index in [0.717, 1.165) is 10.8 Å². The molecule has 1 amide bonds. The standard InChI is InChI=1S/C24H24N2O6/c1-4-31-22-11-16(9-10-20(22)32-15-23(27)30-3)14-25-26-24(28)19-12-17-7-5-6-8-18(17)13-21(19)29-2/h5-14H,4,15H2,1-3H3,(H,26,28)/b25-14-. The summed E-state index contributed by atoms with van der Waals surface area (Å²) in [6.45, 7) is 2.02. The molecule has 0 bridgehead atoms. The van der Waals surface area contributed by atoms with Gasteiger partial charge in [-0.25, -0.2) is 10.2 Å². The molecule has 3 aromatic rings. The highest BCUT2D eigenvalue weighted by Crippen LogP contribution is 2.28. The van der Waals surface area contributed by atoms with Gasteiger partial charge in [0.25, 0.3) is 5.91 Å². The molecule has 0 unspecified atom stereocenters. The number of nitrogens with zero attached hydrogens (tertiary/aromatic N) is 1. The second kappa shape index (κ2) is 10.8. The van der Waals surface area contributed by atoms with E-state index in [-0.39, 0.29) is 6.61 Å². The van der Waals surface area contributed by atoms with Crippen LogP contribution in [0.15, 0.2) is 59.7 Å². The minimum absolute atomic E-state index is 0.229. The molecule has 3 aromatic carbocycles. The van der Waals surface area contributed by atoms with Crippen LogP contribution in [0.3, 0.4) is 0 Å². The van der Waals surface area contributed by atoms with Crippen LogP contribution in [0, 0.1) is 0 Å². The molecule has 8 nitrogen and oxygen atoms in total. The van der Waals surface area contributed by atoms with Crippen LogP contribution in [0.2, 0.25) is 0 Å². The Morgan fingerprint density at radius 1 is 0.938 bits per heavy atom. The molecular formula is C24H24N2O6. The normalized spacial score (nSPS) is 10.7. The van der Waals surface area contributed by atoms with Crippen molar-refractivity contribution in [2.75, 3.05) is 27.4 Å². The SMILES string of the molecule is CCOc1cc(/C=N\NC(=O)c2cc3ccccc3cc2OC)ccc1OCC(=O)OC. The van der Waals surface area contributed by atoms with Crippen LogP contribution in [0.5, 0.6) is 17.2 Å². The fraction of sp³-hybridized carbons (Fsp3) is 0.208. The molecule has 0 atom stereocenters. The average Bonchev–Trinajstić information content (AvgIpc) is 2.82. The first-order chi connectivity index (χ1) is 15.5. The number of methoxy groups -OCH3 is 2. The van der Waals surface area contributed by atoms with Crippen LogP contribution in [-0.2, 0) is 9.53 Å². The Morgan fingerprint density at radius 2 is 1.69 bits per heavy atom. The van der Waals surface area contributed by atoms with Crippen molar-refractivity contribution < 1.29 is 28.5 Å². The zero-order chi connectivity index (χ0) is 22.9. The van der Waals surface area contributed by atoms with Crippen LogP contribution < -0.4 is 19.6 Å². The Morgan fingerprint density at radius 3 is 2.38 bits per heavy atom. The van der Waals surface area contributed by atoms with Crippen molar-refractivity contribution in [3.05, 3.63) is 65.7 Å². The first kappa shape index (κ1) is 22.6. The number of esters is 1. The monoisotopic (exact) mass is 436 g/mol. The Bertz CT molecular complexity index is 1140. The summed E-state index contributed by atoms with van der Waals surface area (Å²) in [6.07, 6.45) is 1.48. The Balaban J connectivity index is 1.73. The number of amides is 1. The summed E-state index contributed by atoms with van der Waals surface area (Å²) in [5, 5.41) is 5.94. The lowest BCUT2D eigenvalue weighted by atomic mass is 10.1. The minimum atomic E-state index is -0.495. The van der Waals surface area contributed by atoms with Gasteiger partial charge in [0, 0.05) is 0 Å². The predicted molar refractivity (Wildman–Crippen MR) is 121 cm³/mol. The second-order valence-corrected chi connectivity index (χ2v) is 6.60. The molecule has 0 heterocycles. The largest absolute Gasteiger partial charge is 0.496 e. The molecule has 0 aliphatic heterocycles. The number of fused-ring (bicyclic) bond motifs is 1. The average molecular weight is 436 g/mol. The summed E-state index contributed by atoms with van der Waals surface area (Å²) in [5.74, 6) is 0.418. The molecule has 32 heavy (non-hydrogen) atoms. The third-order valence-corrected chi connectivity index (χ3v) is 4.53. The van der Waals surface area contributed by atoms with Crippen LogP contribution in [-0.4, -0.2) is 45.5 Å². The van der Waals surface area contributed by atoms with E-state index < -0.39 is 11.9 Å². The highest BCUT2D eigenvalue weighted by Gasteiger charge is 2.13. The summed E-state index contributed by atoms with van der Waals surface area (Å²) in [5.41, 5.74) is 3.57.